The maximum Gasteiger partial charge on any atom is 0.225 e. The third kappa shape index (κ3) is 3.59. The van der Waals surface area contributed by atoms with Crippen LogP contribution < -0.4 is 4.90 Å². The molecule has 0 N–H and O–H groups in total. The van der Waals surface area contributed by atoms with Crippen molar-refractivity contribution in [2.45, 2.75) is 26.2 Å². The average molecular weight is 348 g/mol. The molecule has 1 aliphatic rings. The van der Waals surface area contributed by atoms with Crippen LogP contribution in [0.15, 0.2) is 43.0 Å². The Labute approximate surface area is 153 Å². The third-order valence-electron chi connectivity index (χ3n) is 5.10. The summed E-state index contributed by atoms with van der Waals surface area (Å²) < 4.78 is 1.83. The van der Waals surface area contributed by atoms with Crippen LogP contribution in [0.4, 0.5) is 5.95 Å². The molecular formula is C20H24N6. The van der Waals surface area contributed by atoms with Gasteiger partial charge in [0.2, 0.25) is 5.95 Å². The molecule has 4 rings (SSSR count). The van der Waals surface area contributed by atoms with E-state index in [1.54, 1.807) is 0 Å². The van der Waals surface area contributed by atoms with Gasteiger partial charge in [0.15, 0.2) is 0 Å². The first kappa shape index (κ1) is 16.7. The molecule has 0 radical (unpaired) electrons. The molecular weight excluding hydrogens is 324 g/mol. The lowest BCUT2D eigenvalue weighted by Gasteiger charge is -2.32. The predicted molar refractivity (Wildman–Crippen MR) is 102 cm³/mol. The van der Waals surface area contributed by atoms with Gasteiger partial charge in [0.05, 0.1) is 11.4 Å². The summed E-state index contributed by atoms with van der Waals surface area (Å²) in [7, 11) is 1.94. The monoisotopic (exact) mass is 348 g/mol. The number of hydrogen-bond acceptors (Lipinski definition) is 5. The minimum atomic E-state index is 0.720. The van der Waals surface area contributed by atoms with Gasteiger partial charge in [0.1, 0.15) is 0 Å². The van der Waals surface area contributed by atoms with E-state index in [9.17, 15) is 0 Å². The van der Waals surface area contributed by atoms with Crippen LogP contribution in [-0.4, -0.2) is 37.8 Å². The summed E-state index contributed by atoms with van der Waals surface area (Å²) in [6.07, 6.45) is 11.1. The van der Waals surface area contributed by atoms with Crippen molar-refractivity contribution in [2.24, 2.45) is 13.0 Å². The van der Waals surface area contributed by atoms with Crippen LogP contribution in [0.5, 0.6) is 0 Å². The number of aromatic nitrogens is 5. The Morgan fingerprint density at radius 1 is 1.08 bits per heavy atom. The molecule has 0 atom stereocenters. The number of anilines is 1. The Balaban J connectivity index is 1.43. The van der Waals surface area contributed by atoms with E-state index in [0.717, 1.165) is 48.3 Å². The second kappa shape index (κ2) is 7.23. The van der Waals surface area contributed by atoms with E-state index in [0.29, 0.717) is 0 Å². The standard InChI is InChI=1S/C20H24N6/c1-15-18(14-25(2)24-15)19-5-10-22-20(23-19)26-11-6-17(7-12-26)13-16-3-8-21-9-4-16/h3-5,8-10,14,17H,6-7,11-13H2,1-2H3. The predicted octanol–water partition coefficient (Wildman–Crippen LogP) is 3.04. The fourth-order valence-electron chi connectivity index (χ4n) is 3.69. The zero-order chi connectivity index (χ0) is 17.9. The smallest absolute Gasteiger partial charge is 0.225 e. The Morgan fingerprint density at radius 3 is 2.54 bits per heavy atom. The second-order valence-corrected chi connectivity index (χ2v) is 7.03. The van der Waals surface area contributed by atoms with Crippen LogP contribution in [0.25, 0.3) is 11.3 Å². The summed E-state index contributed by atoms with van der Waals surface area (Å²) in [4.78, 5) is 15.7. The molecule has 0 aliphatic carbocycles. The Kier molecular flexibility index (Phi) is 4.65. The lowest BCUT2D eigenvalue weighted by molar-refractivity contribution is 0.400. The fraction of sp³-hybridized carbons (Fsp3) is 0.400. The summed E-state index contributed by atoms with van der Waals surface area (Å²) in [5, 5.41) is 4.42. The van der Waals surface area contributed by atoms with E-state index in [1.807, 2.05) is 49.5 Å². The fourth-order valence-corrected chi connectivity index (χ4v) is 3.69. The Bertz CT molecular complexity index is 865. The van der Waals surface area contributed by atoms with Crippen LogP contribution in [0.3, 0.4) is 0 Å². The molecule has 3 aromatic heterocycles. The van der Waals surface area contributed by atoms with Crippen molar-refractivity contribution in [1.29, 1.82) is 0 Å². The zero-order valence-electron chi connectivity index (χ0n) is 15.3. The molecule has 134 valence electrons. The van der Waals surface area contributed by atoms with Crippen LogP contribution in [0, 0.1) is 12.8 Å². The second-order valence-electron chi connectivity index (χ2n) is 7.03. The number of hydrogen-bond donors (Lipinski definition) is 0. The molecule has 0 spiro atoms. The highest BCUT2D eigenvalue weighted by Crippen LogP contribution is 2.26. The molecule has 6 nitrogen and oxygen atoms in total. The van der Waals surface area contributed by atoms with Crippen molar-refractivity contribution in [2.75, 3.05) is 18.0 Å². The lowest BCUT2D eigenvalue weighted by Crippen LogP contribution is -2.35. The van der Waals surface area contributed by atoms with Crippen LogP contribution in [0.1, 0.15) is 24.1 Å². The van der Waals surface area contributed by atoms with Crippen LogP contribution in [0.2, 0.25) is 0 Å². The van der Waals surface area contributed by atoms with E-state index in [-0.39, 0.29) is 0 Å². The molecule has 1 saturated heterocycles. The van der Waals surface area contributed by atoms with Gasteiger partial charge in [-0.1, -0.05) is 0 Å². The normalized spacial score (nSPS) is 15.4. The first-order valence-electron chi connectivity index (χ1n) is 9.16. The van der Waals surface area contributed by atoms with Gasteiger partial charge in [-0.15, -0.1) is 0 Å². The minimum Gasteiger partial charge on any atom is -0.341 e. The van der Waals surface area contributed by atoms with Crippen molar-refractivity contribution in [3.63, 3.8) is 0 Å². The Hall–Kier alpha value is -2.76. The maximum absolute atomic E-state index is 4.80. The minimum absolute atomic E-state index is 0.720. The van der Waals surface area contributed by atoms with Gasteiger partial charge in [-0.05, 0) is 55.9 Å². The quantitative estimate of drug-likeness (QED) is 0.725. The lowest BCUT2D eigenvalue weighted by atomic mass is 9.90. The van der Waals surface area contributed by atoms with Crippen molar-refractivity contribution in [3.8, 4) is 11.3 Å². The summed E-state index contributed by atoms with van der Waals surface area (Å²) in [5.41, 5.74) is 4.39. The van der Waals surface area contributed by atoms with E-state index < -0.39 is 0 Å². The zero-order valence-corrected chi connectivity index (χ0v) is 15.3. The molecule has 3 aromatic rings. The molecule has 6 heteroatoms. The van der Waals surface area contributed by atoms with Gasteiger partial charge in [0.25, 0.3) is 0 Å². The average Bonchev–Trinajstić information content (AvgIpc) is 3.01. The van der Waals surface area contributed by atoms with Gasteiger partial charge < -0.3 is 4.90 Å². The number of piperidine rings is 1. The summed E-state index contributed by atoms with van der Waals surface area (Å²) in [6.45, 7) is 4.03. The SMILES string of the molecule is Cc1nn(C)cc1-c1ccnc(N2CCC(Cc3ccncc3)CC2)n1. The summed E-state index contributed by atoms with van der Waals surface area (Å²) in [6, 6.07) is 6.20. The van der Waals surface area contributed by atoms with Gasteiger partial charge in [-0.25, -0.2) is 9.97 Å². The molecule has 1 fully saturated rings. The van der Waals surface area contributed by atoms with Gasteiger partial charge in [-0.2, -0.15) is 5.10 Å². The molecule has 0 saturated carbocycles. The van der Waals surface area contributed by atoms with Crippen LogP contribution >= 0.6 is 0 Å². The Morgan fingerprint density at radius 2 is 1.85 bits per heavy atom. The molecule has 0 unspecified atom stereocenters. The van der Waals surface area contributed by atoms with Crippen LogP contribution in [-0.2, 0) is 13.5 Å². The number of aryl methyl sites for hydroxylation is 2. The largest absolute Gasteiger partial charge is 0.341 e. The van der Waals surface area contributed by atoms with E-state index in [4.69, 9.17) is 4.98 Å². The highest BCUT2D eigenvalue weighted by Gasteiger charge is 2.21. The molecule has 0 aromatic carbocycles. The third-order valence-corrected chi connectivity index (χ3v) is 5.10. The number of pyridine rings is 1. The number of rotatable bonds is 4. The molecule has 0 amide bonds. The number of nitrogens with zero attached hydrogens (tertiary/aromatic N) is 6. The molecule has 0 bridgehead atoms. The van der Waals surface area contributed by atoms with Gasteiger partial charge in [-0.3, -0.25) is 9.67 Å². The topological polar surface area (TPSA) is 59.7 Å². The highest BCUT2D eigenvalue weighted by molar-refractivity contribution is 5.61. The molecule has 4 heterocycles. The maximum atomic E-state index is 4.80. The van der Waals surface area contributed by atoms with Crippen molar-refractivity contribution < 1.29 is 0 Å². The molecule has 26 heavy (non-hydrogen) atoms. The van der Waals surface area contributed by atoms with Crippen molar-refractivity contribution in [1.82, 2.24) is 24.7 Å². The summed E-state index contributed by atoms with van der Waals surface area (Å²) in [5.74, 6) is 1.55. The van der Waals surface area contributed by atoms with Gasteiger partial charge in [0, 0.05) is 50.5 Å². The van der Waals surface area contributed by atoms with E-state index in [2.05, 4.69) is 32.1 Å². The van der Waals surface area contributed by atoms with E-state index in [1.165, 1.54) is 18.4 Å². The first-order chi connectivity index (χ1) is 12.7. The first-order valence-corrected chi connectivity index (χ1v) is 9.16. The molecule has 1 aliphatic heterocycles. The summed E-state index contributed by atoms with van der Waals surface area (Å²) >= 11 is 0. The van der Waals surface area contributed by atoms with E-state index >= 15 is 0 Å². The van der Waals surface area contributed by atoms with Gasteiger partial charge >= 0.3 is 0 Å². The van der Waals surface area contributed by atoms with Crippen molar-refractivity contribution in [3.05, 3.63) is 54.2 Å². The highest BCUT2D eigenvalue weighted by atomic mass is 15.3. The van der Waals surface area contributed by atoms with Crippen molar-refractivity contribution >= 4 is 5.95 Å².